The van der Waals surface area contributed by atoms with Crippen LogP contribution >= 0.6 is 0 Å². The highest BCUT2D eigenvalue weighted by Crippen LogP contribution is 2.46. The number of carbonyl (C=O) groups excluding carboxylic acids is 2. The molecule has 0 aliphatic carbocycles. The minimum atomic E-state index is -0.905. The summed E-state index contributed by atoms with van der Waals surface area (Å²) in [4.78, 5) is 37.5. The Labute approximate surface area is 146 Å². The summed E-state index contributed by atoms with van der Waals surface area (Å²) in [6.07, 6.45) is -0.506. The molecule has 0 saturated heterocycles. The van der Waals surface area contributed by atoms with Gasteiger partial charge in [0.15, 0.2) is 5.78 Å². The first-order valence-electron chi connectivity index (χ1n) is 8.36. The molecule has 25 heavy (non-hydrogen) atoms. The van der Waals surface area contributed by atoms with Crippen molar-refractivity contribution in [3.05, 3.63) is 40.2 Å². The Kier molecular flexibility index (Phi) is 3.86. The number of ketones is 2. The van der Waals surface area contributed by atoms with Crippen LogP contribution in [0.5, 0.6) is 5.75 Å². The summed E-state index contributed by atoms with van der Waals surface area (Å²) in [6, 6.07) is 7.13. The van der Waals surface area contributed by atoms with E-state index in [0.717, 1.165) is 0 Å². The molecule has 0 fully saturated rings. The van der Waals surface area contributed by atoms with Gasteiger partial charge >= 0.3 is 5.63 Å². The lowest BCUT2D eigenvalue weighted by Crippen LogP contribution is -2.41. The molecule has 1 aromatic heterocycles. The van der Waals surface area contributed by atoms with Crippen LogP contribution in [-0.2, 0) is 15.0 Å². The van der Waals surface area contributed by atoms with E-state index in [1.165, 1.54) is 0 Å². The van der Waals surface area contributed by atoms with E-state index in [-0.39, 0.29) is 6.42 Å². The van der Waals surface area contributed by atoms with Gasteiger partial charge in [-0.1, -0.05) is 39.8 Å². The van der Waals surface area contributed by atoms with Gasteiger partial charge in [-0.25, -0.2) is 4.79 Å². The molecule has 2 heterocycles. The van der Waals surface area contributed by atoms with Gasteiger partial charge in [-0.15, -0.1) is 0 Å². The number of para-hydroxylation sites is 1. The third-order valence-electron chi connectivity index (χ3n) is 4.99. The Hall–Kier alpha value is -2.43. The topological polar surface area (TPSA) is 73.6 Å². The molecule has 3 rings (SSSR count). The molecular weight excluding hydrogens is 320 g/mol. The van der Waals surface area contributed by atoms with Gasteiger partial charge in [0.1, 0.15) is 17.4 Å². The van der Waals surface area contributed by atoms with Crippen molar-refractivity contribution in [3.63, 3.8) is 0 Å². The average Bonchev–Trinajstić information content (AvgIpc) is 2.78. The molecule has 5 nitrogen and oxygen atoms in total. The number of hydrogen-bond donors (Lipinski definition) is 0. The number of rotatable bonds is 3. The molecular formula is C20H22O5. The highest BCUT2D eigenvalue weighted by atomic mass is 16.5. The summed E-state index contributed by atoms with van der Waals surface area (Å²) in [5.41, 5.74) is -1.39. The average molecular weight is 342 g/mol. The van der Waals surface area contributed by atoms with Crippen LogP contribution in [0.25, 0.3) is 11.0 Å². The number of ether oxygens (including phenoxy) is 1. The fourth-order valence-electron chi connectivity index (χ4n) is 3.31. The van der Waals surface area contributed by atoms with Gasteiger partial charge in [-0.2, -0.15) is 0 Å². The van der Waals surface area contributed by atoms with Crippen molar-refractivity contribution in [1.82, 2.24) is 0 Å². The van der Waals surface area contributed by atoms with E-state index < -0.39 is 34.1 Å². The zero-order valence-electron chi connectivity index (χ0n) is 15.1. The molecule has 0 saturated carbocycles. The van der Waals surface area contributed by atoms with Crippen LogP contribution in [0.4, 0.5) is 0 Å². The van der Waals surface area contributed by atoms with E-state index in [0.29, 0.717) is 22.3 Å². The Morgan fingerprint density at radius 1 is 1.20 bits per heavy atom. The summed E-state index contributed by atoms with van der Waals surface area (Å²) >= 11 is 0. The lowest BCUT2D eigenvalue weighted by Gasteiger charge is -2.27. The monoisotopic (exact) mass is 342 g/mol. The molecule has 0 spiro atoms. The van der Waals surface area contributed by atoms with E-state index in [4.69, 9.17) is 9.15 Å². The quantitative estimate of drug-likeness (QED) is 0.631. The molecule has 1 aromatic carbocycles. The first-order valence-corrected chi connectivity index (χ1v) is 8.36. The number of carbonyl (C=O) groups is 2. The highest BCUT2D eigenvalue weighted by Gasteiger charge is 2.49. The minimum absolute atomic E-state index is 0.0830. The van der Waals surface area contributed by atoms with E-state index in [1.807, 2.05) is 19.1 Å². The van der Waals surface area contributed by atoms with Crippen LogP contribution in [0.2, 0.25) is 0 Å². The SMILES string of the molecule is CC1Oc2c(c(=O)oc3ccccc23)C1(C)CC(=O)C(=O)C(C)(C)C. The predicted octanol–water partition coefficient (Wildman–Crippen LogP) is 3.41. The van der Waals surface area contributed by atoms with Gasteiger partial charge in [0.2, 0.25) is 5.78 Å². The standard InChI is InChI=1S/C20H22O5/c1-11-20(5,10-13(21)17(22)19(2,3)4)15-16(24-11)12-8-6-7-9-14(12)25-18(15)23/h6-9,11H,10H2,1-5H3. The van der Waals surface area contributed by atoms with Crippen LogP contribution in [0, 0.1) is 5.41 Å². The molecule has 0 N–H and O–H groups in total. The van der Waals surface area contributed by atoms with Crippen molar-refractivity contribution in [2.45, 2.75) is 52.6 Å². The fourth-order valence-corrected chi connectivity index (χ4v) is 3.31. The molecule has 1 aliphatic heterocycles. The van der Waals surface area contributed by atoms with Gasteiger partial charge in [0, 0.05) is 17.3 Å². The van der Waals surface area contributed by atoms with Gasteiger partial charge < -0.3 is 9.15 Å². The van der Waals surface area contributed by atoms with Crippen molar-refractivity contribution < 1.29 is 18.7 Å². The molecule has 1 aliphatic rings. The fraction of sp³-hybridized carbons (Fsp3) is 0.450. The van der Waals surface area contributed by atoms with Crippen molar-refractivity contribution in [2.75, 3.05) is 0 Å². The number of hydrogen-bond acceptors (Lipinski definition) is 5. The Bertz CT molecular complexity index is 931. The lowest BCUT2D eigenvalue weighted by atomic mass is 9.73. The number of fused-ring (bicyclic) bond motifs is 3. The third kappa shape index (κ3) is 2.68. The van der Waals surface area contributed by atoms with Crippen molar-refractivity contribution in [3.8, 4) is 5.75 Å². The second-order valence-corrected chi connectivity index (χ2v) is 7.95. The van der Waals surface area contributed by atoms with Crippen LogP contribution in [0.3, 0.4) is 0 Å². The largest absolute Gasteiger partial charge is 0.488 e. The molecule has 2 unspecified atom stereocenters. The van der Waals surface area contributed by atoms with Crippen LogP contribution in [0.1, 0.15) is 46.6 Å². The van der Waals surface area contributed by atoms with Gasteiger partial charge in [-0.3, -0.25) is 9.59 Å². The summed E-state index contributed by atoms with van der Waals surface area (Å²) in [5.74, 6) is -0.483. The molecule has 0 amide bonds. The minimum Gasteiger partial charge on any atom is -0.488 e. The van der Waals surface area contributed by atoms with Crippen molar-refractivity contribution in [2.24, 2.45) is 5.41 Å². The Balaban J connectivity index is 2.11. The number of Topliss-reactive ketones (excluding diaryl/α,β-unsaturated/α-hetero) is 2. The zero-order valence-corrected chi connectivity index (χ0v) is 15.1. The summed E-state index contributed by atoms with van der Waals surface area (Å²) < 4.78 is 11.4. The van der Waals surface area contributed by atoms with Crippen molar-refractivity contribution >= 4 is 22.5 Å². The summed E-state index contributed by atoms with van der Waals surface area (Å²) in [7, 11) is 0. The molecule has 2 aromatic rings. The third-order valence-corrected chi connectivity index (χ3v) is 4.99. The van der Waals surface area contributed by atoms with Crippen LogP contribution in [-0.4, -0.2) is 17.7 Å². The van der Waals surface area contributed by atoms with Gasteiger partial charge in [0.25, 0.3) is 0 Å². The molecule has 132 valence electrons. The van der Waals surface area contributed by atoms with E-state index in [2.05, 4.69) is 0 Å². The van der Waals surface area contributed by atoms with E-state index >= 15 is 0 Å². The molecule has 2 atom stereocenters. The molecule has 0 bridgehead atoms. The van der Waals surface area contributed by atoms with Gasteiger partial charge in [0.05, 0.1) is 10.9 Å². The Morgan fingerprint density at radius 3 is 2.48 bits per heavy atom. The second kappa shape index (κ2) is 5.55. The van der Waals surface area contributed by atoms with E-state index in [1.54, 1.807) is 39.8 Å². The van der Waals surface area contributed by atoms with Crippen LogP contribution < -0.4 is 10.4 Å². The summed E-state index contributed by atoms with van der Waals surface area (Å²) in [5, 5.41) is 0.697. The lowest BCUT2D eigenvalue weighted by molar-refractivity contribution is -0.142. The Morgan fingerprint density at radius 2 is 1.84 bits per heavy atom. The first-order chi connectivity index (χ1) is 11.6. The number of benzene rings is 1. The van der Waals surface area contributed by atoms with Crippen LogP contribution in [0.15, 0.2) is 33.5 Å². The normalized spacial score (nSPS) is 22.5. The maximum atomic E-state index is 12.6. The maximum Gasteiger partial charge on any atom is 0.343 e. The molecule has 5 heteroatoms. The summed E-state index contributed by atoms with van der Waals surface area (Å²) in [6.45, 7) is 8.71. The maximum absolute atomic E-state index is 12.6. The first kappa shape index (κ1) is 17.4. The van der Waals surface area contributed by atoms with Crippen molar-refractivity contribution in [1.29, 1.82) is 0 Å². The second-order valence-electron chi connectivity index (χ2n) is 7.95. The predicted molar refractivity (Wildman–Crippen MR) is 94.0 cm³/mol. The van der Waals surface area contributed by atoms with Gasteiger partial charge in [-0.05, 0) is 19.1 Å². The highest BCUT2D eigenvalue weighted by molar-refractivity contribution is 6.39. The molecule has 0 radical (unpaired) electrons. The zero-order chi connectivity index (χ0) is 18.6. The smallest absolute Gasteiger partial charge is 0.343 e. The van der Waals surface area contributed by atoms with E-state index in [9.17, 15) is 14.4 Å².